The summed E-state index contributed by atoms with van der Waals surface area (Å²) in [5, 5.41) is 20.7. The first-order chi connectivity index (χ1) is 21.5. The van der Waals surface area contributed by atoms with Gasteiger partial charge in [0.1, 0.15) is 17.5 Å². The molecule has 44 heavy (non-hydrogen) atoms. The molecule has 0 unspecified atom stereocenters. The number of nitrogens with zero attached hydrogens (tertiary/aromatic N) is 7. The van der Waals surface area contributed by atoms with Gasteiger partial charge in [-0.2, -0.15) is 10.4 Å². The second-order valence-electron chi connectivity index (χ2n) is 10.9. The molecule has 0 radical (unpaired) electrons. The molecule has 6 rings (SSSR count). The fourth-order valence-electron chi connectivity index (χ4n) is 5.72. The maximum atomic E-state index is 14.2. The molecule has 5 aromatic rings. The normalized spacial score (nSPS) is 13.9. The van der Waals surface area contributed by atoms with Gasteiger partial charge in [0.15, 0.2) is 0 Å². The Bertz CT molecular complexity index is 1760. The second-order valence-corrected chi connectivity index (χ2v) is 10.9. The van der Waals surface area contributed by atoms with Crippen LogP contribution in [-0.4, -0.2) is 36.4 Å². The van der Waals surface area contributed by atoms with Crippen molar-refractivity contribution in [3.05, 3.63) is 109 Å². The molecule has 2 amide bonds. The summed E-state index contributed by atoms with van der Waals surface area (Å²) in [6.45, 7) is 0.367. The van der Waals surface area contributed by atoms with Crippen molar-refractivity contribution < 1.29 is 4.79 Å². The van der Waals surface area contributed by atoms with Crippen molar-refractivity contribution in [1.82, 2.24) is 30.0 Å². The molecule has 1 aliphatic rings. The highest BCUT2D eigenvalue weighted by molar-refractivity contribution is 5.93. The van der Waals surface area contributed by atoms with E-state index >= 15 is 0 Å². The predicted molar refractivity (Wildman–Crippen MR) is 169 cm³/mol. The van der Waals surface area contributed by atoms with E-state index in [1.807, 2.05) is 86.0 Å². The van der Waals surface area contributed by atoms with Gasteiger partial charge < -0.3 is 10.6 Å². The summed E-state index contributed by atoms with van der Waals surface area (Å²) in [6, 6.07) is 25.2. The number of carbonyl (C=O) groups excluding carboxylic acids is 1. The van der Waals surface area contributed by atoms with Gasteiger partial charge in [-0.05, 0) is 43.4 Å². The third kappa shape index (κ3) is 6.13. The van der Waals surface area contributed by atoms with Crippen LogP contribution >= 0.6 is 0 Å². The minimum Gasteiger partial charge on any atom is -0.334 e. The summed E-state index contributed by atoms with van der Waals surface area (Å²) in [6.07, 6.45) is 11.2. The van der Waals surface area contributed by atoms with Crippen molar-refractivity contribution in [2.24, 2.45) is 7.05 Å². The van der Waals surface area contributed by atoms with Gasteiger partial charge in [0.25, 0.3) is 0 Å². The molecule has 1 saturated carbocycles. The standard InChI is InChI=1S/C34H33N9O/c1-42-24-29(23-39-42)27-15-16-30(36-21-27)43(33(44)38-20-25-11-5-2-6-12-25)34(17-9-4-10-18-34)41-32-37-22-28(19-35)31(40-32)26-13-7-3-8-14-26/h2-3,5-8,11-16,21-24H,4,9-10,17-18,20H2,1H3,(H,38,44)(H,37,40,41). The molecule has 3 heterocycles. The largest absolute Gasteiger partial charge is 0.334 e. The Morgan fingerprint density at radius 3 is 2.32 bits per heavy atom. The number of pyridine rings is 1. The molecule has 1 aliphatic carbocycles. The number of nitrogens with one attached hydrogen (secondary N) is 2. The van der Waals surface area contributed by atoms with Crippen molar-refractivity contribution in [3.63, 3.8) is 0 Å². The van der Waals surface area contributed by atoms with Crippen LogP contribution in [0.15, 0.2) is 97.6 Å². The zero-order valence-electron chi connectivity index (χ0n) is 24.5. The van der Waals surface area contributed by atoms with Gasteiger partial charge in [0, 0.05) is 42.7 Å². The molecule has 220 valence electrons. The lowest BCUT2D eigenvalue weighted by Crippen LogP contribution is -2.61. The van der Waals surface area contributed by atoms with E-state index in [1.165, 1.54) is 6.20 Å². The van der Waals surface area contributed by atoms with E-state index in [-0.39, 0.29) is 6.03 Å². The number of hydrogen-bond acceptors (Lipinski definition) is 7. The monoisotopic (exact) mass is 583 g/mol. The van der Waals surface area contributed by atoms with Crippen LogP contribution in [0.3, 0.4) is 0 Å². The average Bonchev–Trinajstić information content (AvgIpc) is 3.51. The molecule has 0 aliphatic heterocycles. The lowest BCUT2D eigenvalue weighted by molar-refractivity contribution is 0.229. The lowest BCUT2D eigenvalue weighted by Gasteiger charge is -2.46. The Labute approximate surface area is 256 Å². The molecule has 0 atom stereocenters. The molecular weight excluding hydrogens is 550 g/mol. The van der Waals surface area contributed by atoms with Crippen molar-refractivity contribution in [2.45, 2.75) is 44.3 Å². The topological polar surface area (TPSA) is 125 Å². The summed E-state index contributed by atoms with van der Waals surface area (Å²) in [7, 11) is 1.87. The number of anilines is 2. The van der Waals surface area contributed by atoms with Crippen molar-refractivity contribution >= 4 is 17.8 Å². The molecule has 3 aromatic heterocycles. The van der Waals surface area contributed by atoms with Gasteiger partial charge in [0.05, 0.1) is 23.7 Å². The molecule has 1 fully saturated rings. The van der Waals surface area contributed by atoms with Crippen molar-refractivity contribution in [1.29, 1.82) is 5.26 Å². The van der Waals surface area contributed by atoms with E-state index in [1.54, 1.807) is 22.0 Å². The first-order valence-electron chi connectivity index (χ1n) is 14.7. The first-order valence-corrected chi connectivity index (χ1v) is 14.7. The Kier molecular flexibility index (Phi) is 8.28. The molecule has 2 aromatic carbocycles. The van der Waals surface area contributed by atoms with Crippen LogP contribution in [-0.2, 0) is 13.6 Å². The van der Waals surface area contributed by atoms with E-state index in [0.29, 0.717) is 42.4 Å². The first kappa shape index (κ1) is 28.6. The van der Waals surface area contributed by atoms with E-state index in [9.17, 15) is 10.1 Å². The van der Waals surface area contributed by atoms with Crippen molar-refractivity contribution in [2.75, 3.05) is 10.2 Å². The van der Waals surface area contributed by atoms with Crippen molar-refractivity contribution in [3.8, 4) is 28.5 Å². The number of urea groups is 1. The maximum Gasteiger partial charge on any atom is 0.325 e. The highest BCUT2D eigenvalue weighted by Crippen LogP contribution is 2.38. The smallest absolute Gasteiger partial charge is 0.325 e. The fraction of sp³-hybridized carbons (Fsp3) is 0.235. The van der Waals surface area contributed by atoms with Gasteiger partial charge >= 0.3 is 6.03 Å². The molecule has 2 N–H and O–H groups in total. The Morgan fingerprint density at radius 2 is 1.66 bits per heavy atom. The third-order valence-corrected chi connectivity index (χ3v) is 7.91. The highest BCUT2D eigenvalue weighted by Gasteiger charge is 2.43. The molecule has 0 bridgehead atoms. The number of carbonyl (C=O) groups is 1. The van der Waals surface area contributed by atoms with Gasteiger partial charge in [-0.3, -0.25) is 9.58 Å². The van der Waals surface area contributed by atoms with Gasteiger partial charge in [-0.15, -0.1) is 0 Å². The maximum absolute atomic E-state index is 14.2. The zero-order chi connectivity index (χ0) is 30.4. The zero-order valence-corrected chi connectivity index (χ0v) is 24.5. The highest BCUT2D eigenvalue weighted by atomic mass is 16.2. The molecule has 0 spiro atoms. The van der Waals surface area contributed by atoms with Crippen LogP contribution in [0.4, 0.5) is 16.6 Å². The second kappa shape index (κ2) is 12.8. The minimum atomic E-state index is -0.857. The molecule has 10 heteroatoms. The van der Waals surface area contributed by atoms with E-state index < -0.39 is 5.66 Å². The lowest BCUT2D eigenvalue weighted by atomic mass is 9.87. The van der Waals surface area contributed by atoms with Crippen LogP contribution in [0.1, 0.15) is 43.2 Å². The van der Waals surface area contributed by atoms with Gasteiger partial charge in [-0.1, -0.05) is 67.1 Å². The summed E-state index contributed by atoms with van der Waals surface area (Å²) in [5.41, 5.74) is 3.72. The molecule has 10 nitrogen and oxygen atoms in total. The summed E-state index contributed by atoms with van der Waals surface area (Å²) in [4.78, 5) is 30.1. The molecule has 0 saturated heterocycles. The van der Waals surface area contributed by atoms with Crippen LogP contribution in [0.5, 0.6) is 0 Å². The number of amides is 2. The van der Waals surface area contributed by atoms with E-state index in [4.69, 9.17) is 9.97 Å². The van der Waals surface area contributed by atoms with Crippen LogP contribution in [0, 0.1) is 11.3 Å². The number of aromatic nitrogens is 5. The Hall–Kier alpha value is -5.56. The van der Waals surface area contributed by atoms with Crippen LogP contribution < -0.4 is 15.5 Å². The van der Waals surface area contributed by atoms with E-state index in [0.717, 1.165) is 41.5 Å². The molecular formula is C34H33N9O. The Balaban J connectivity index is 1.39. The van der Waals surface area contributed by atoms with E-state index in [2.05, 4.69) is 26.8 Å². The number of benzene rings is 2. The average molecular weight is 584 g/mol. The SMILES string of the molecule is Cn1cc(-c2ccc(N(C(=O)NCc3ccccc3)C3(Nc4ncc(C#N)c(-c5ccccc5)n4)CCCCC3)nc2)cn1. The summed E-state index contributed by atoms with van der Waals surface area (Å²) >= 11 is 0. The Morgan fingerprint density at radius 1 is 0.909 bits per heavy atom. The predicted octanol–water partition coefficient (Wildman–Crippen LogP) is 6.30. The number of hydrogen-bond donors (Lipinski definition) is 2. The number of rotatable bonds is 8. The number of nitriles is 1. The minimum absolute atomic E-state index is 0.276. The summed E-state index contributed by atoms with van der Waals surface area (Å²) in [5.74, 6) is 0.854. The van der Waals surface area contributed by atoms with Gasteiger partial charge in [0.2, 0.25) is 5.95 Å². The van der Waals surface area contributed by atoms with Crippen LogP contribution in [0.2, 0.25) is 0 Å². The quantitative estimate of drug-likeness (QED) is 0.205. The fourth-order valence-corrected chi connectivity index (χ4v) is 5.72. The summed E-state index contributed by atoms with van der Waals surface area (Å²) < 4.78 is 1.74. The van der Waals surface area contributed by atoms with Gasteiger partial charge in [-0.25, -0.2) is 19.7 Å². The third-order valence-electron chi connectivity index (χ3n) is 7.91. The number of aryl methyl sites for hydroxylation is 1. The van der Waals surface area contributed by atoms with Crippen LogP contribution in [0.25, 0.3) is 22.4 Å².